The standard InChI is InChI=1S/C16H21F2NO2/c1-11(20)7-15-5-3-2-4-6-19(15)16(21)12-8-13(17)10-14(18)9-12/h8-11,15,20H,2-7H2,1H3. The zero-order valence-electron chi connectivity index (χ0n) is 12.2. The lowest BCUT2D eigenvalue weighted by molar-refractivity contribution is 0.0606. The molecule has 0 aromatic heterocycles. The lowest BCUT2D eigenvalue weighted by Crippen LogP contribution is -2.41. The Bertz CT molecular complexity index is 485. The summed E-state index contributed by atoms with van der Waals surface area (Å²) in [5.41, 5.74) is 0.0324. The van der Waals surface area contributed by atoms with Gasteiger partial charge in [-0.25, -0.2) is 8.78 Å². The van der Waals surface area contributed by atoms with Crippen LogP contribution >= 0.6 is 0 Å². The number of benzene rings is 1. The number of rotatable bonds is 3. The van der Waals surface area contributed by atoms with Crippen LogP contribution in [0, 0.1) is 11.6 Å². The summed E-state index contributed by atoms with van der Waals surface area (Å²) in [6, 6.07) is 2.81. The highest BCUT2D eigenvalue weighted by Crippen LogP contribution is 2.23. The van der Waals surface area contributed by atoms with E-state index in [2.05, 4.69) is 0 Å². The van der Waals surface area contributed by atoms with Gasteiger partial charge in [0.2, 0.25) is 0 Å². The van der Waals surface area contributed by atoms with Gasteiger partial charge in [-0.3, -0.25) is 4.79 Å². The van der Waals surface area contributed by atoms with Crippen LogP contribution in [0.3, 0.4) is 0 Å². The zero-order chi connectivity index (χ0) is 15.4. The van der Waals surface area contributed by atoms with Crippen LogP contribution in [-0.4, -0.2) is 34.6 Å². The van der Waals surface area contributed by atoms with E-state index in [1.165, 1.54) is 0 Å². The third-order valence-corrected chi connectivity index (χ3v) is 3.86. The highest BCUT2D eigenvalue weighted by atomic mass is 19.1. The molecule has 1 saturated heterocycles. The highest BCUT2D eigenvalue weighted by Gasteiger charge is 2.27. The molecular formula is C16H21F2NO2. The summed E-state index contributed by atoms with van der Waals surface area (Å²) in [6.45, 7) is 2.25. The Labute approximate surface area is 123 Å². The average Bonchev–Trinajstić information content (AvgIpc) is 2.61. The molecule has 1 aliphatic heterocycles. The molecule has 0 bridgehead atoms. The molecule has 1 amide bonds. The number of nitrogens with zero attached hydrogens (tertiary/aromatic N) is 1. The summed E-state index contributed by atoms with van der Waals surface area (Å²) < 4.78 is 26.6. The molecule has 3 nitrogen and oxygen atoms in total. The Morgan fingerprint density at radius 3 is 2.57 bits per heavy atom. The van der Waals surface area contributed by atoms with Crippen LogP contribution in [0.1, 0.15) is 49.4 Å². The fraction of sp³-hybridized carbons (Fsp3) is 0.562. The van der Waals surface area contributed by atoms with Crippen molar-refractivity contribution in [2.75, 3.05) is 6.54 Å². The summed E-state index contributed by atoms with van der Waals surface area (Å²) in [5, 5.41) is 9.60. The molecule has 0 radical (unpaired) electrons. The Kier molecular flexibility index (Phi) is 5.28. The maximum absolute atomic E-state index is 13.3. The van der Waals surface area contributed by atoms with Crippen LogP contribution in [0.5, 0.6) is 0 Å². The van der Waals surface area contributed by atoms with E-state index in [1.807, 2.05) is 0 Å². The Hall–Kier alpha value is -1.49. The number of carbonyl (C=O) groups is 1. The first-order chi connectivity index (χ1) is 9.97. The third-order valence-electron chi connectivity index (χ3n) is 3.86. The number of carbonyl (C=O) groups excluding carboxylic acids is 1. The van der Waals surface area contributed by atoms with Gasteiger partial charge in [0.05, 0.1) is 6.10 Å². The van der Waals surface area contributed by atoms with Gasteiger partial charge in [0, 0.05) is 24.2 Å². The predicted octanol–water partition coefficient (Wildman–Crippen LogP) is 3.12. The molecule has 5 heteroatoms. The SMILES string of the molecule is CC(O)CC1CCCCCN1C(=O)c1cc(F)cc(F)c1. The van der Waals surface area contributed by atoms with E-state index in [-0.39, 0.29) is 17.5 Å². The van der Waals surface area contributed by atoms with Crippen LogP contribution in [0.4, 0.5) is 8.78 Å². The van der Waals surface area contributed by atoms with E-state index >= 15 is 0 Å². The van der Waals surface area contributed by atoms with Crippen molar-refractivity contribution in [3.8, 4) is 0 Å². The van der Waals surface area contributed by atoms with Crippen LogP contribution < -0.4 is 0 Å². The highest BCUT2D eigenvalue weighted by molar-refractivity contribution is 5.94. The summed E-state index contributed by atoms with van der Waals surface area (Å²) in [5.74, 6) is -1.86. The van der Waals surface area contributed by atoms with E-state index in [0.29, 0.717) is 13.0 Å². The number of amides is 1. The molecule has 2 unspecified atom stereocenters. The maximum atomic E-state index is 13.3. The third kappa shape index (κ3) is 4.24. The second-order valence-corrected chi connectivity index (χ2v) is 5.74. The first-order valence-corrected chi connectivity index (χ1v) is 7.42. The van der Waals surface area contributed by atoms with Gasteiger partial charge in [-0.15, -0.1) is 0 Å². The monoisotopic (exact) mass is 297 g/mol. The lowest BCUT2D eigenvalue weighted by atomic mass is 10.0. The van der Waals surface area contributed by atoms with E-state index < -0.39 is 17.7 Å². The second-order valence-electron chi connectivity index (χ2n) is 5.74. The van der Waals surface area contributed by atoms with E-state index in [4.69, 9.17) is 0 Å². The van der Waals surface area contributed by atoms with Crippen molar-refractivity contribution in [1.82, 2.24) is 4.90 Å². The van der Waals surface area contributed by atoms with Crippen LogP contribution in [0.25, 0.3) is 0 Å². The fourth-order valence-electron chi connectivity index (χ4n) is 2.93. The Balaban J connectivity index is 2.24. The maximum Gasteiger partial charge on any atom is 0.254 e. The van der Waals surface area contributed by atoms with Crippen molar-refractivity contribution in [3.63, 3.8) is 0 Å². The Morgan fingerprint density at radius 2 is 1.95 bits per heavy atom. The number of hydrogen-bond donors (Lipinski definition) is 1. The van der Waals surface area contributed by atoms with Crippen molar-refractivity contribution in [2.45, 2.75) is 51.2 Å². The van der Waals surface area contributed by atoms with Crippen LogP contribution in [0.2, 0.25) is 0 Å². The average molecular weight is 297 g/mol. The van der Waals surface area contributed by atoms with Crippen molar-refractivity contribution < 1.29 is 18.7 Å². The molecule has 116 valence electrons. The van der Waals surface area contributed by atoms with Crippen molar-refractivity contribution in [2.24, 2.45) is 0 Å². The van der Waals surface area contributed by atoms with Gasteiger partial charge >= 0.3 is 0 Å². The van der Waals surface area contributed by atoms with E-state index in [9.17, 15) is 18.7 Å². The number of halogens is 2. The van der Waals surface area contributed by atoms with Crippen LogP contribution in [-0.2, 0) is 0 Å². The Morgan fingerprint density at radius 1 is 1.29 bits per heavy atom. The number of hydrogen-bond acceptors (Lipinski definition) is 2. The molecule has 2 atom stereocenters. The minimum absolute atomic E-state index is 0.0324. The van der Waals surface area contributed by atoms with Gasteiger partial charge in [-0.2, -0.15) is 0 Å². The molecule has 1 fully saturated rings. The number of likely N-dealkylation sites (tertiary alicyclic amines) is 1. The molecule has 1 heterocycles. The fourth-order valence-corrected chi connectivity index (χ4v) is 2.93. The second kappa shape index (κ2) is 6.98. The minimum Gasteiger partial charge on any atom is -0.393 e. The van der Waals surface area contributed by atoms with Crippen LogP contribution in [0.15, 0.2) is 18.2 Å². The van der Waals surface area contributed by atoms with Gasteiger partial charge in [-0.05, 0) is 38.3 Å². The zero-order valence-corrected chi connectivity index (χ0v) is 12.2. The van der Waals surface area contributed by atoms with Crippen molar-refractivity contribution in [3.05, 3.63) is 35.4 Å². The van der Waals surface area contributed by atoms with Gasteiger partial charge in [0.15, 0.2) is 0 Å². The quantitative estimate of drug-likeness (QED) is 0.931. The molecule has 21 heavy (non-hydrogen) atoms. The largest absolute Gasteiger partial charge is 0.393 e. The normalized spacial score (nSPS) is 21.0. The molecule has 1 aliphatic rings. The van der Waals surface area contributed by atoms with Gasteiger partial charge in [-0.1, -0.05) is 12.8 Å². The summed E-state index contributed by atoms with van der Waals surface area (Å²) in [4.78, 5) is 14.2. The molecular weight excluding hydrogens is 276 g/mol. The minimum atomic E-state index is -0.750. The number of aliphatic hydroxyl groups excluding tert-OH is 1. The van der Waals surface area contributed by atoms with Crippen molar-refractivity contribution in [1.29, 1.82) is 0 Å². The molecule has 1 N–H and O–H groups in total. The number of aliphatic hydroxyl groups is 1. The van der Waals surface area contributed by atoms with Gasteiger partial charge in [0.1, 0.15) is 11.6 Å². The first kappa shape index (κ1) is 15.9. The van der Waals surface area contributed by atoms with E-state index in [1.54, 1.807) is 11.8 Å². The van der Waals surface area contributed by atoms with Gasteiger partial charge < -0.3 is 10.0 Å². The lowest BCUT2D eigenvalue weighted by Gasteiger charge is -2.31. The molecule has 0 spiro atoms. The predicted molar refractivity (Wildman–Crippen MR) is 75.9 cm³/mol. The van der Waals surface area contributed by atoms with E-state index in [0.717, 1.165) is 43.9 Å². The smallest absolute Gasteiger partial charge is 0.254 e. The summed E-state index contributed by atoms with van der Waals surface area (Å²) in [6.07, 6.45) is 3.70. The molecule has 1 aromatic rings. The molecule has 2 rings (SSSR count). The van der Waals surface area contributed by atoms with Gasteiger partial charge in [0.25, 0.3) is 5.91 Å². The molecule has 0 saturated carbocycles. The summed E-state index contributed by atoms with van der Waals surface area (Å²) in [7, 11) is 0. The molecule has 0 aliphatic carbocycles. The molecule has 1 aromatic carbocycles. The summed E-state index contributed by atoms with van der Waals surface area (Å²) >= 11 is 0. The van der Waals surface area contributed by atoms with Crippen molar-refractivity contribution >= 4 is 5.91 Å². The topological polar surface area (TPSA) is 40.5 Å². The first-order valence-electron chi connectivity index (χ1n) is 7.42.